The number of nitrogens with one attached hydrogen (secondary N) is 2. The van der Waals surface area contributed by atoms with Crippen LogP contribution in [0.1, 0.15) is 45.6 Å². The number of nitrogens with two attached hydrogens (primary N) is 1. The van der Waals surface area contributed by atoms with Gasteiger partial charge in [0, 0.05) is 13.0 Å². The maximum absolute atomic E-state index is 13.3. The average Bonchev–Trinajstić information content (AvgIpc) is 3.27. The lowest BCUT2D eigenvalue weighted by molar-refractivity contribution is -0.145. The van der Waals surface area contributed by atoms with E-state index >= 15 is 0 Å². The van der Waals surface area contributed by atoms with E-state index in [9.17, 15) is 29.4 Å². The molecule has 6 N–H and O–H groups in total. The predicted molar refractivity (Wildman–Crippen MR) is 121 cm³/mol. The summed E-state index contributed by atoms with van der Waals surface area (Å²) in [4.78, 5) is 51.6. The number of nitrogens with zero attached hydrogens (tertiary/aromatic N) is 1. The van der Waals surface area contributed by atoms with Crippen LogP contribution in [0.15, 0.2) is 24.3 Å². The number of carbonyl (C=O) groups is 4. The summed E-state index contributed by atoms with van der Waals surface area (Å²) in [5, 5.41) is 24.2. The Kier molecular flexibility index (Phi) is 9.22. The summed E-state index contributed by atoms with van der Waals surface area (Å²) in [7, 11) is 0. The SMILES string of the molecule is CCC(C)C(NC(=O)C(C)N)C(=O)N1CCCC1C(=O)NC(Cc1ccc(O)cc1)C(=O)O. The molecule has 182 valence electrons. The monoisotopic (exact) mass is 462 g/mol. The van der Waals surface area contributed by atoms with E-state index in [2.05, 4.69) is 10.6 Å². The summed E-state index contributed by atoms with van der Waals surface area (Å²) in [6.07, 6.45) is 1.65. The lowest BCUT2D eigenvalue weighted by atomic mass is 9.97. The Morgan fingerprint density at radius 1 is 1.15 bits per heavy atom. The fourth-order valence-corrected chi connectivity index (χ4v) is 3.79. The van der Waals surface area contributed by atoms with Crippen LogP contribution in [0.2, 0.25) is 0 Å². The Balaban J connectivity index is 2.14. The third-order valence-electron chi connectivity index (χ3n) is 6.02. The summed E-state index contributed by atoms with van der Waals surface area (Å²) in [6.45, 7) is 5.61. The first-order valence-electron chi connectivity index (χ1n) is 11.2. The van der Waals surface area contributed by atoms with Gasteiger partial charge in [-0.25, -0.2) is 4.79 Å². The normalized spacial score (nSPS) is 19.3. The molecule has 1 heterocycles. The molecule has 5 unspecified atom stereocenters. The number of carboxylic acids is 1. The van der Waals surface area contributed by atoms with Crippen molar-refractivity contribution < 1.29 is 29.4 Å². The molecular formula is C23H34N4O6. The smallest absolute Gasteiger partial charge is 0.326 e. The zero-order chi connectivity index (χ0) is 24.7. The Morgan fingerprint density at radius 3 is 2.33 bits per heavy atom. The molecule has 0 spiro atoms. The van der Waals surface area contributed by atoms with Crippen molar-refractivity contribution in [2.75, 3.05) is 6.54 Å². The number of phenols is 1. The number of rotatable bonds is 10. The number of hydrogen-bond acceptors (Lipinski definition) is 6. The molecule has 10 nitrogen and oxygen atoms in total. The number of phenolic OH excluding ortho intramolecular Hbond substituents is 1. The van der Waals surface area contributed by atoms with Crippen molar-refractivity contribution in [1.29, 1.82) is 0 Å². The van der Waals surface area contributed by atoms with E-state index in [1.54, 1.807) is 12.1 Å². The lowest BCUT2D eigenvalue weighted by Gasteiger charge is -2.32. The van der Waals surface area contributed by atoms with Crippen LogP contribution >= 0.6 is 0 Å². The van der Waals surface area contributed by atoms with Crippen molar-refractivity contribution in [3.63, 3.8) is 0 Å². The highest BCUT2D eigenvalue weighted by Crippen LogP contribution is 2.22. The number of benzene rings is 1. The van der Waals surface area contributed by atoms with E-state index in [0.29, 0.717) is 31.4 Å². The third kappa shape index (κ3) is 6.92. The van der Waals surface area contributed by atoms with Crippen molar-refractivity contribution in [2.24, 2.45) is 11.7 Å². The summed E-state index contributed by atoms with van der Waals surface area (Å²) < 4.78 is 0. The summed E-state index contributed by atoms with van der Waals surface area (Å²) in [6, 6.07) is 2.44. The Morgan fingerprint density at radius 2 is 1.79 bits per heavy atom. The highest BCUT2D eigenvalue weighted by Gasteiger charge is 2.40. The van der Waals surface area contributed by atoms with E-state index in [-0.39, 0.29) is 24.0 Å². The molecule has 1 fully saturated rings. The quantitative estimate of drug-likeness (QED) is 0.335. The fraction of sp³-hybridized carbons (Fsp3) is 0.565. The van der Waals surface area contributed by atoms with Crippen molar-refractivity contribution in [1.82, 2.24) is 15.5 Å². The van der Waals surface area contributed by atoms with Crippen molar-refractivity contribution in [3.8, 4) is 5.75 Å². The summed E-state index contributed by atoms with van der Waals surface area (Å²) >= 11 is 0. The van der Waals surface area contributed by atoms with Crippen LogP contribution in [-0.2, 0) is 25.6 Å². The molecule has 0 bridgehead atoms. The van der Waals surface area contributed by atoms with Crippen LogP contribution in [0.4, 0.5) is 0 Å². The van der Waals surface area contributed by atoms with Gasteiger partial charge in [-0.3, -0.25) is 14.4 Å². The highest BCUT2D eigenvalue weighted by molar-refractivity contribution is 5.94. The predicted octanol–water partition coefficient (Wildman–Crippen LogP) is 0.373. The van der Waals surface area contributed by atoms with Gasteiger partial charge >= 0.3 is 5.97 Å². The van der Waals surface area contributed by atoms with Gasteiger partial charge in [-0.1, -0.05) is 32.4 Å². The standard InChI is InChI=1S/C23H34N4O6/c1-4-13(2)19(26-20(29)14(3)24)22(31)27-11-5-6-18(27)21(30)25-17(23(32)33)12-15-7-9-16(28)10-8-15/h7-10,13-14,17-19,28H,4-6,11-12,24H2,1-3H3,(H,25,30)(H,26,29)(H,32,33). The molecule has 3 amide bonds. The summed E-state index contributed by atoms with van der Waals surface area (Å²) in [5.41, 5.74) is 6.27. The van der Waals surface area contributed by atoms with E-state index in [0.717, 1.165) is 0 Å². The first-order chi connectivity index (χ1) is 15.5. The summed E-state index contributed by atoms with van der Waals surface area (Å²) in [5.74, 6) is -2.69. The first-order valence-corrected chi connectivity index (χ1v) is 11.2. The topological polar surface area (TPSA) is 162 Å². The van der Waals surface area contributed by atoms with Crippen LogP contribution in [-0.4, -0.2) is 69.5 Å². The Bertz CT molecular complexity index is 857. The minimum Gasteiger partial charge on any atom is -0.508 e. The molecule has 33 heavy (non-hydrogen) atoms. The molecule has 0 aliphatic carbocycles. The van der Waals surface area contributed by atoms with E-state index in [1.807, 2.05) is 13.8 Å². The van der Waals surface area contributed by atoms with Crippen LogP contribution in [0.3, 0.4) is 0 Å². The van der Waals surface area contributed by atoms with Crippen molar-refractivity contribution >= 4 is 23.7 Å². The number of carbonyl (C=O) groups excluding carboxylic acids is 3. The van der Waals surface area contributed by atoms with Crippen LogP contribution in [0.25, 0.3) is 0 Å². The Hall–Kier alpha value is -3.14. The van der Waals surface area contributed by atoms with E-state index in [4.69, 9.17) is 5.73 Å². The second-order valence-corrected chi connectivity index (χ2v) is 8.62. The molecule has 1 aromatic rings. The second kappa shape index (κ2) is 11.6. The van der Waals surface area contributed by atoms with Gasteiger partial charge in [-0.15, -0.1) is 0 Å². The lowest BCUT2D eigenvalue weighted by Crippen LogP contribution is -2.58. The molecule has 5 atom stereocenters. The zero-order valence-electron chi connectivity index (χ0n) is 19.3. The van der Waals surface area contributed by atoms with Gasteiger partial charge in [0.05, 0.1) is 6.04 Å². The molecule has 0 aromatic heterocycles. The van der Waals surface area contributed by atoms with Gasteiger partial charge in [-0.2, -0.15) is 0 Å². The molecule has 2 rings (SSSR count). The number of aromatic hydroxyl groups is 1. The average molecular weight is 463 g/mol. The van der Waals surface area contributed by atoms with Crippen LogP contribution in [0.5, 0.6) is 5.75 Å². The van der Waals surface area contributed by atoms with Gasteiger partial charge < -0.3 is 31.5 Å². The van der Waals surface area contributed by atoms with E-state index < -0.39 is 42.0 Å². The van der Waals surface area contributed by atoms with Crippen LogP contribution in [0, 0.1) is 5.92 Å². The molecule has 1 aliphatic rings. The molecule has 1 aliphatic heterocycles. The molecular weight excluding hydrogens is 428 g/mol. The maximum Gasteiger partial charge on any atom is 0.326 e. The minimum atomic E-state index is -1.20. The fourth-order valence-electron chi connectivity index (χ4n) is 3.79. The number of likely N-dealkylation sites (tertiary alicyclic amines) is 1. The van der Waals surface area contributed by atoms with Gasteiger partial charge in [0.1, 0.15) is 23.9 Å². The van der Waals surface area contributed by atoms with Crippen LogP contribution < -0.4 is 16.4 Å². The largest absolute Gasteiger partial charge is 0.508 e. The Labute approximate surface area is 193 Å². The van der Waals surface area contributed by atoms with Crippen molar-refractivity contribution in [3.05, 3.63) is 29.8 Å². The van der Waals surface area contributed by atoms with Gasteiger partial charge in [0.2, 0.25) is 17.7 Å². The molecule has 1 aromatic carbocycles. The first kappa shape index (κ1) is 26.1. The highest BCUT2D eigenvalue weighted by atomic mass is 16.4. The number of amides is 3. The maximum atomic E-state index is 13.3. The number of carboxylic acid groups (broad SMARTS) is 1. The minimum absolute atomic E-state index is 0.0297. The zero-order valence-corrected chi connectivity index (χ0v) is 19.3. The molecule has 0 saturated carbocycles. The number of hydrogen-bond donors (Lipinski definition) is 5. The molecule has 0 radical (unpaired) electrons. The van der Waals surface area contributed by atoms with Gasteiger partial charge in [0.15, 0.2) is 0 Å². The van der Waals surface area contributed by atoms with Gasteiger partial charge in [0.25, 0.3) is 0 Å². The molecule has 10 heteroatoms. The second-order valence-electron chi connectivity index (χ2n) is 8.62. The molecule has 1 saturated heterocycles. The van der Waals surface area contributed by atoms with E-state index in [1.165, 1.54) is 24.0 Å². The van der Waals surface area contributed by atoms with Gasteiger partial charge in [-0.05, 0) is 43.4 Å². The third-order valence-corrected chi connectivity index (χ3v) is 6.02. The van der Waals surface area contributed by atoms with Crippen molar-refractivity contribution in [2.45, 2.75) is 70.6 Å². The number of aliphatic carboxylic acids is 1.